The predicted octanol–water partition coefficient (Wildman–Crippen LogP) is 0.395. The van der Waals surface area contributed by atoms with E-state index in [1.54, 1.807) is 0 Å². The van der Waals surface area contributed by atoms with Crippen molar-refractivity contribution in [1.82, 2.24) is 4.90 Å². The number of nitrogens with zero attached hydrogens (tertiary/aromatic N) is 1. The predicted molar refractivity (Wildman–Crippen MR) is 52.9 cm³/mol. The number of hydrogen-bond acceptors (Lipinski definition) is 4. The van der Waals surface area contributed by atoms with Crippen LogP contribution in [0.3, 0.4) is 0 Å². The van der Waals surface area contributed by atoms with Gasteiger partial charge in [0.25, 0.3) is 0 Å². The summed E-state index contributed by atoms with van der Waals surface area (Å²) in [6, 6.07) is 0.317. The van der Waals surface area contributed by atoms with Crippen LogP contribution < -0.4 is 0 Å². The molecule has 82 valence electrons. The first-order valence-electron chi connectivity index (χ1n) is 5.11. The molecule has 2 unspecified atom stereocenters. The van der Waals surface area contributed by atoms with E-state index in [4.69, 9.17) is 0 Å². The van der Waals surface area contributed by atoms with Crippen LogP contribution in [0.4, 0.5) is 0 Å². The van der Waals surface area contributed by atoms with Crippen LogP contribution in [-0.4, -0.2) is 48.8 Å². The molecule has 0 spiro atoms. The summed E-state index contributed by atoms with van der Waals surface area (Å²) < 4.78 is 4.48. The molecule has 0 aromatic heterocycles. The molecule has 0 radical (unpaired) electrons. The van der Waals surface area contributed by atoms with Gasteiger partial charge in [-0.3, -0.25) is 0 Å². The smallest absolute Gasteiger partial charge is 0.334 e. The molecule has 0 aromatic rings. The van der Waals surface area contributed by atoms with Gasteiger partial charge in [0.1, 0.15) is 0 Å². The van der Waals surface area contributed by atoms with Gasteiger partial charge in [-0.15, -0.1) is 0 Å². The zero-order valence-electron chi connectivity index (χ0n) is 8.90. The van der Waals surface area contributed by atoms with E-state index in [1.807, 2.05) is 7.05 Å². The summed E-state index contributed by atoms with van der Waals surface area (Å²) in [4.78, 5) is 13.2. The topological polar surface area (TPSA) is 49.8 Å². The van der Waals surface area contributed by atoms with Crippen molar-refractivity contribution in [1.29, 1.82) is 0 Å². The van der Waals surface area contributed by atoms with E-state index < -0.39 is 12.1 Å². The molecule has 0 aliphatic carbocycles. The molecule has 1 heterocycles. The van der Waals surface area contributed by atoms with Crippen LogP contribution in [0.2, 0.25) is 0 Å². The average Bonchev–Trinajstić information content (AvgIpc) is 2.20. The van der Waals surface area contributed by atoms with Crippen LogP contribution in [0, 0.1) is 0 Å². The molecule has 1 N–H and O–H groups in total. The summed E-state index contributed by atoms with van der Waals surface area (Å²) >= 11 is 0. The fourth-order valence-electron chi connectivity index (χ4n) is 1.93. The summed E-state index contributed by atoms with van der Waals surface area (Å²) in [7, 11) is 3.34. The monoisotopic (exact) mass is 201 g/mol. The highest BCUT2D eigenvalue weighted by Crippen LogP contribution is 2.19. The zero-order chi connectivity index (χ0) is 10.6. The van der Waals surface area contributed by atoms with Gasteiger partial charge in [-0.2, -0.15) is 0 Å². The van der Waals surface area contributed by atoms with Crippen molar-refractivity contribution in [2.24, 2.45) is 0 Å². The number of aliphatic hydroxyl groups is 1. The van der Waals surface area contributed by atoms with Crippen LogP contribution in [0.1, 0.15) is 25.7 Å². The second kappa shape index (κ2) is 5.32. The van der Waals surface area contributed by atoms with Crippen LogP contribution >= 0.6 is 0 Å². The van der Waals surface area contributed by atoms with Gasteiger partial charge in [-0.05, 0) is 32.9 Å². The Labute approximate surface area is 84.8 Å². The van der Waals surface area contributed by atoms with E-state index in [-0.39, 0.29) is 0 Å². The number of esters is 1. The van der Waals surface area contributed by atoms with E-state index in [1.165, 1.54) is 20.0 Å². The van der Waals surface area contributed by atoms with E-state index in [0.717, 1.165) is 13.0 Å². The Kier molecular flexibility index (Phi) is 4.35. The second-order valence-corrected chi connectivity index (χ2v) is 3.90. The molecule has 0 aromatic carbocycles. The lowest BCUT2D eigenvalue weighted by Crippen LogP contribution is -2.40. The van der Waals surface area contributed by atoms with Crippen LogP contribution in [-0.2, 0) is 9.53 Å². The molecule has 14 heavy (non-hydrogen) atoms. The van der Waals surface area contributed by atoms with Crippen molar-refractivity contribution in [3.8, 4) is 0 Å². The second-order valence-electron chi connectivity index (χ2n) is 3.90. The molecule has 1 rings (SSSR count). The highest BCUT2D eigenvalue weighted by atomic mass is 16.5. The van der Waals surface area contributed by atoms with Gasteiger partial charge >= 0.3 is 5.97 Å². The normalized spacial score (nSPS) is 25.8. The van der Waals surface area contributed by atoms with E-state index in [0.29, 0.717) is 12.5 Å². The summed E-state index contributed by atoms with van der Waals surface area (Å²) in [5.41, 5.74) is 0. The minimum Gasteiger partial charge on any atom is -0.467 e. The largest absolute Gasteiger partial charge is 0.467 e. The summed E-state index contributed by atoms with van der Waals surface area (Å²) in [6.45, 7) is 1.05. The number of methoxy groups -OCH3 is 1. The molecular weight excluding hydrogens is 182 g/mol. The van der Waals surface area contributed by atoms with Crippen LogP contribution in [0.15, 0.2) is 0 Å². The third-order valence-electron chi connectivity index (χ3n) is 2.89. The molecule has 4 heteroatoms. The molecule has 0 saturated carbocycles. The van der Waals surface area contributed by atoms with Crippen molar-refractivity contribution in [2.45, 2.75) is 37.8 Å². The van der Waals surface area contributed by atoms with Gasteiger partial charge in [-0.1, -0.05) is 6.42 Å². The molecule has 1 aliphatic rings. The van der Waals surface area contributed by atoms with Gasteiger partial charge in [0.05, 0.1) is 7.11 Å². The molecule has 0 bridgehead atoms. The quantitative estimate of drug-likeness (QED) is 0.671. The molecule has 1 saturated heterocycles. The highest BCUT2D eigenvalue weighted by Gasteiger charge is 2.25. The Balaban J connectivity index is 2.38. The Bertz CT molecular complexity index is 196. The number of ether oxygens (including phenoxy) is 1. The minimum atomic E-state index is -0.967. The van der Waals surface area contributed by atoms with Crippen LogP contribution in [0.5, 0.6) is 0 Å². The summed E-state index contributed by atoms with van der Waals surface area (Å²) in [5, 5.41) is 9.49. The number of piperidine rings is 1. The Hall–Kier alpha value is -0.610. The Morgan fingerprint density at radius 1 is 1.64 bits per heavy atom. The van der Waals surface area contributed by atoms with E-state index >= 15 is 0 Å². The first kappa shape index (κ1) is 11.5. The lowest BCUT2D eigenvalue weighted by atomic mass is 9.97. The Morgan fingerprint density at radius 2 is 2.36 bits per heavy atom. The van der Waals surface area contributed by atoms with E-state index in [2.05, 4.69) is 9.64 Å². The van der Waals surface area contributed by atoms with Gasteiger partial charge < -0.3 is 14.7 Å². The molecule has 4 nitrogen and oxygen atoms in total. The SMILES string of the molecule is COC(=O)C(O)CC1CCCCN1C. The maximum Gasteiger partial charge on any atom is 0.334 e. The fourth-order valence-corrected chi connectivity index (χ4v) is 1.93. The van der Waals surface area contributed by atoms with Crippen molar-refractivity contribution in [3.63, 3.8) is 0 Å². The number of carbonyl (C=O) groups excluding carboxylic acids is 1. The number of aliphatic hydroxyl groups excluding tert-OH is 1. The average molecular weight is 201 g/mol. The number of rotatable bonds is 3. The number of likely N-dealkylation sites (tertiary alicyclic amines) is 1. The fraction of sp³-hybridized carbons (Fsp3) is 0.900. The summed E-state index contributed by atoms with van der Waals surface area (Å²) in [5.74, 6) is -0.524. The highest BCUT2D eigenvalue weighted by molar-refractivity contribution is 5.74. The lowest BCUT2D eigenvalue weighted by Gasteiger charge is -2.33. The third kappa shape index (κ3) is 2.96. The van der Waals surface area contributed by atoms with E-state index in [9.17, 15) is 9.90 Å². The number of hydrogen-bond donors (Lipinski definition) is 1. The van der Waals surface area contributed by atoms with Crippen molar-refractivity contribution >= 4 is 5.97 Å². The molecule has 1 fully saturated rings. The van der Waals surface area contributed by atoms with Gasteiger partial charge in [0.15, 0.2) is 6.10 Å². The van der Waals surface area contributed by atoms with Gasteiger partial charge in [0.2, 0.25) is 0 Å². The standard InChI is InChI=1S/C10H19NO3/c1-11-6-4-3-5-8(11)7-9(12)10(13)14-2/h8-9,12H,3-7H2,1-2H3. The maximum atomic E-state index is 11.0. The molecule has 1 aliphatic heterocycles. The molecule has 0 amide bonds. The zero-order valence-corrected chi connectivity index (χ0v) is 8.90. The van der Waals surface area contributed by atoms with Gasteiger partial charge in [0, 0.05) is 6.04 Å². The first-order chi connectivity index (χ1) is 6.65. The van der Waals surface area contributed by atoms with Gasteiger partial charge in [-0.25, -0.2) is 4.79 Å². The lowest BCUT2D eigenvalue weighted by molar-refractivity contribution is -0.151. The first-order valence-corrected chi connectivity index (χ1v) is 5.11. The maximum absolute atomic E-state index is 11.0. The minimum absolute atomic E-state index is 0.317. The molecule has 2 atom stereocenters. The van der Waals surface area contributed by atoms with Crippen molar-refractivity contribution in [3.05, 3.63) is 0 Å². The van der Waals surface area contributed by atoms with Crippen molar-refractivity contribution < 1.29 is 14.6 Å². The molecular formula is C10H19NO3. The number of carbonyl (C=O) groups is 1. The summed E-state index contributed by atoms with van der Waals surface area (Å²) in [6.07, 6.45) is 2.98. The van der Waals surface area contributed by atoms with Crippen molar-refractivity contribution in [2.75, 3.05) is 20.7 Å². The Morgan fingerprint density at radius 3 is 2.93 bits per heavy atom. The third-order valence-corrected chi connectivity index (χ3v) is 2.89. The van der Waals surface area contributed by atoms with Crippen LogP contribution in [0.25, 0.3) is 0 Å².